The van der Waals surface area contributed by atoms with Crippen molar-refractivity contribution in [3.05, 3.63) is 77.4 Å². The van der Waals surface area contributed by atoms with E-state index in [1.165, 1.54) is 23.3 Å². The van der Waals surface area contributed by atoms with Crippen molar-refractivity contribution in [1.29, 1.82) is 0 Å². The minimum Gasteiger partial charge on any atom is -0.406 e. The van der Waals surface area contributed by atoms with Crippen LogP contribution in [0, 0.1) is 0 Å². The lowest BCUT2D eigenvalue weighted by molar-refractivity contribution is -0.274. The van der Waals surface area contributed by atoms with E-state index in [4.69, 9.17) is 0 Å². The zero-order chi connectivity index (χ0) is 17.9. The second-order valence-electron chi connectivity index (χ2n) is 6.49. The number of allylic oxidation sites excluding steroid dienone is 1. The number of alkyl halides is 3. The average molecular weight is 346 g/mol. The van der Waals surface area contributed by atoms with Crippen molar-refractivity contribution in [3.63, 3.8) is 0 Å². The summed E-state index contributed by atoms with van der Waals surface area (Å²) in [5.41, 5.74) is 4.67. The second-order valence-corrected chi connectivity index (χ2v) is 6.49. The van der Waals surface area contributed by atoms with Crippen LogP contribution in [-0.4, -0.2) is 6.36 Å². The zero-order valence-corrected chi connectivity index (χ0v) is 14.0. The Morgan fingerprint density at radius 3 is 2.52 bits per heavy atom. The first-order chi connectivity index (χ1) is 11.9. The first kappa shape index (κ1) is 17.6. The minimum absolute atomic E-state index is 0.128. The maximum Gasteiger partial charge on any atom is 0.573 e. The van der Waals surface area contributed by atoms with Crippen molar-refractivity contribution in [1.82, 2.24) is 0 Å². The molecule has 132 valence electrons. The Morgan fingerprint density at radius 1 is 1.08 bits per heavy atom. The number of benzene rings is 2. The molecule has 0 radical (unpaired) electrons. The summed E-state index contributed by atoms with van der Waals surface area (Å²) in [6.45, 7) is 3.74. The smallest absolute Gasteiger partial charge is 0.406 e. The summed E-state index contributed by atoms with van der Waals surface area (Å²) in [6, 6.07) is 13.4. The highest BCUT2D eigenvalue weighted by Gasteiger charge is 2.31. The molecule has 0 N–H and O–H groups in total. The lowest BCUT2D eigenvalue weighted by Gasteiger charge is -2.25. The number of halogens is 3. The number of ether oxygens (including phenoxy) is 1. The number of aryl methyl sites for hydroxylation is 2. The molecule has 3 rings (SSSR count). The Balaban J connectivity index is 1.69. The van der Waals surface area contributed by atoms with Crippen LogP contribution in [-0.2, 0) is 19.3 Å². The van der Waals surface area contributed by atoms with Gasteiger partial charge in [-0.05, 0) is 72.4 Å². The normalized spacial score (nSPS) is 17.0. The highest BCUT2D eigenvalue weighted by molar-refractivity contribution is 5.40. The SMILES string of the molecule is C=CCCc1ccc(C2CCc3cc(OC(F)(F)F)ccc3C2)cc1. The molecule has 1 aliphatic carbocycles. The predicted molar refractivity (Wildman–Crippen MR) is 92.9 cm³/mol. The van der Waals surface area contributed by atoms with Crippen molar-refractivity contribution in [2.45, 2.75) is 44.4 Å². The molecule has 0 saturated heterocycles. The van der Waals surface area contributed by atoms with Gasteiger partial charge in [0.05, 0.1) is 0 Å². The summed E-state index contributed by atoms with van der Waals surface area (Å²) in [6.07, 6.45) is 1.81. The van der Waals surface area contributed by atoms with Crippen LogP contribution < -0.4 is 4.74 Å². The monoisotopic (exact) mass is 346 g/mol. The topological polar surface area (TPSA) is 9.23 Å². The molecule has 1 unspecified atom stereocenters. The molecule has 0 heterocycles. The molecule has 1 aliphatic rings. The van der Waals surface area contributed by atoms with Gasteiger partial charge in [0, 0.05) is 0 Å². The fraction of sp³-hybridized carbons (Fsp3) is 0.333. The van der Waals surface area contributed by atoms with Crippen LogP contribution in [0.3, 0.4) is 0 Å². The van der Waals surface area contributed by atoms with E-state index in [2.05, 4.69) is 35.6 Å². The number of rotatable bonds is 5. The van der Waals surface area contributed by atoms with Crippen molar-refractivity contribution in [2.75, 3.05) is 0 Å². The van der Waals surface area contributed by atoms with Gasteiger partial charge in [-0.1, -0.05) is 36.4 Å². The van der Waals surface area contributed by atoms with Crippen molar-refractivity contribution >= 4 is 0 Å². The fourth-order valence-corrected chi connectivity index (χ4v) is 3.44. The summed E-state index contributed by atoms with van der Waals surface area (Å²) < 4.78 is 41.0. The summed E-state index contributed by atoms with van der Waals surface area (Å²) >= 11 is 0. The molecule has 0 aromatic heterocycles. The molecule has 0 bridgehead atoms. The zero-order valence-electron chi connectivity index (χ0n) is 14.0. The summed E-state index contributed by atoms with van der Waals surface area (Å²) in [5, 5.41) is 0. The van der Waals surface area contributed by atoms with Crippen LogP contribution in [0.1, 0.15) is 41.0 Å². The number of hydrogen-bond donors (Lipinski definition) is 0. The largest absolute Gasteiger partial charge is 0.573 e. The van der Waals surface area contributed by atoms with E-state index in [0.29, 0.717) is 5.92 Å². The molecule has 0 saturated carbocycles. The van der Waals surface area contributed by atoms with Gasteiger partial charge < -0.3 is 4.74 Å². The van der Waals surface area contributed by atoms with Gasteiger partial charge in [-0.15, -0.1) is 19.8 Å². The van der Waals surface area contributed by atoms with Gasteiger partial charge in [-0.3, -0.25) is 0 Å². The fourth-order valence-electron chi connectivity index (χ4n) is 3.44. The molecule has 25 heavy (non-hydrogen) atoms. The summed E-state index contributed by atoms with van der Waals surface area (Å²) in [7, 11) is 0. The average Bonchev–Trinajstić information content (AvgIpc) is 2.58. The Hall–Kier alpha value is -2.23. The van der Waals surface area contributed by atoms with Crippen LogP contribution in [0.15, 0.2) is 55.1 Å². The number of hydrogen-bond acceptors (Lipinski definition) is 1. The third-order valence-electron chi connectivity index (χ3n) is 4.73. The van der Waals surface area contributed by atoms with Crippen molar-refractivity contribution < 1.29 is 17.9 Å². The van der Waals surface area contributed by atoms with Gasteiger partial charge in [0.2, 0.25) is 0 Å². The molecule has 2 aromatic carbocycles. The van der Waals surface area contributed by atoms with Crippen LogP contribution >= 0.6 is 0 Å². The maximum absolute atomic E-state index is 12.3. The molecular formula is C21H21F3O. The van der Waals surface area contributed by atoms with E-state index in [0.717, 1.165) is 43.2 Å². The first-order valence-electron chi connectivity index (χ1n) is 8.52. The van der Waals surface area contributed by atoms with Crippen LogP contribution in [0.5, 0.6) is 5.75 Å². The molecule has 0 aliphatic heterocycles. The standard InChI is InChI=1S/C21H21F3O/c1-2-3-4-15-5-7-16(8-6-15)17-9-10-19-14-20(25-21(22,23)24)12-11-18(19)13-17/h2,5-8,11-12,14,17H,1,3-4,9-10,13H2. The Kier molecular flexibility index (Phi) is 5.16. The van der Waals surface area contributed by atoms with E-state index in [-0.39, 0.29) is 5.75 Å². The van der Waals surface area contributed by atoms with Crippen LogP contribution in [0.2, 0.25) is 0 Å². The molecule has 2 aromatic rings. The van der Waals surface area contributed by atoms with Crippen molar-refractivity contribution in [2.24, 2.45) is 0 Å². The Bertz CT molecular complexity index is 732. The van der Waals surface area contributed by atoms with E-state index >= 15 is 0 Å². The molecular weight excluding hydrogens is 325 g/mol. The first-order valence-corrected chi connectivity index (χ1v) is 8.52. The Labute approximate surface area is 146 Å². The predicted octanol–water partition coefficient (Wildman–Crippen LogP) is 5.98. The maximum atomic E-state index is 12.3. The molecule has 1 atom stereocenters. The lowest BCUT2D eigenvalue weighted by Crippen LogP contribution is -2.18. The molecule has 1 nitrogen and oxygen atoms in total. The van der Waals surface area contributed by atoms with E-state index < -0.39 is 6.36 Å². The third kappa shape index (κ3) is 4.65. The molecule has 0 spiro atoms. The van der Waals surface area contributed by atoms with Gasteiger partial charge in [0.1, 0.15) is 5.75 Å². The highest BCUT2D eigenvalue weighted by Crippen LogP contribution is 2.35. The van der Waals surface area contributed by atoms with Gasteiger partial charge in [0.15, 0.2) is 0 Å². The van der Waals surface area contributed by atoms with Gasteiger partial charge in [0.25, 0.3) is 0 Å². The summed E-state index contributed by atoms with van der Waals surface area (Å²) in [5.74, 6) is 0.284. The van der Waals surface area contributed by atoms with Crippen LogP contribution in [0.4, 0.5) is 13.2 Å². The summed E-state index contributed by atoms with van der Waals surface area (Å²) in [4.78, 5) is 0. The third-order valence-corrected chi connectivity index (χ3v) is 4.73. The molecule has 4 heteroatoms. The lowest BCUT2D eigenvalue weighted by atomic mass is 9.80. The number of fused-ring (bicyclic) bond motifs is 1. The Morgan fingerprint density at radius 2 is 1.84 bits per heavy atom. The quantitative estimate of drug-likeness (QED) is 0.606. The van der Waals surface area contributed by atoms with Crippen LogP contribution in [0.25, 0.3) is 0 Å². The van der Waals surface area contributed by atoms with E-state index in [1.807, 2.05) is 6.08 Å². The molecule has 0 amide bonds. The van der Waals surface area contributed by atoms with E-state index in [1.54, 1.807) is 6.07 Å². The second kappa shape index (κ2) is 7.34. The van der Waals surface area contributed by atoms with Gasteiger partial charge >= 0.3 is 6.36 Å². The molecule has 0 fully saturated rings. The van der Waals surface area contributed by atoms with Gasteiger partial charge in [-0.25, -0.2) is 0 Å². The van der Waals surface area contributed by atoms with E-state index in [9.17, 15) is 13.2 Å². The van der Waals surface area contributed by atoms with Gasteiger partial charge in [-0.2, -0.15) is 0 Å². The highest BCUT2D eigenvalue weighted by atomic mass is 19.4. The minimum atomic E-state index is -4.64. The van der Waals surface area contributed by atoms with Crippen molar-refractivity contribution in [3.8, 4) is 5.75 Å².